The molecule has 1 fully saturated rings. The Labute approximate surface area is 160 Å². The molecule has 3 rings (SSSR count). The first-order valence-corrected chi connectivity index (χ1v) is 10.3. The van der Waals surface area contributed by atoms with E-state index >= 15 is 0 Å². The smallest absolute Gasteiger partial charge is 0.249 e. The summed E-state index contributed by atoms with van der Waals surface area (Å²) in [6.07, 6.45) is 2.71. The third-order valence-electron chi connectivity index (χ3n) is 4.06. The Morgan fingerprint density at radius 3 is 2.72 bits per heavy atom. The molecule has 134 valence electrons. The zero-order valence-corrected chi connectivity index (χ0v) is 16.8. The van der Waals surface area contributed by atoms with E-state index in [0.29, 0.717) is 18.2 Å². The zero-order chi connectivity index (χ0) is 17.8. The molecule has 5 nitrogen and oxygen atoms in total. The molecule has 1 unspecified atom stereocenters. The van der Waals surface area contributed by atoms with Gasteiger partial charge in [-0.3, -0.25) is 4.79 Å². The van der Waals surface area contributed by atoms with Gasteiger partial charge in [-0.05, 0) is 43.0 Å². The molecule has 1 aromatic heterocycles. The second kappa shape index (κ2) is 8.36. The van der Waals surface area contributed by atoms with Crippen LogP contribution in [-0.4, -0.2) is 21.8 Å². The molecule has 1 atom stereocenters. The Morgan fingerprint density at radius 1 is 1.36 bits per heavy atom. The summed E-state index contributed by atoms with van der Waals surface area (Å²) in [5, 5.41) is 7.10. The lowest BCUT2D eigenvalue weighted by Gasteiger charge is -2.18. The van der Waals surface area contributed by atoms with E-state index in [4.69, 9.17) is 4.52 Å². The Kier molecular flexibility index (Phi) is 6.17. The van der Waals surface area contributed by atoms with Crippen molar-refractivity contribution in [1.82, 2.24) is 15.5 Å². The van der Waals surface area contributed by atoms with Gasteiger partial charge in [0.2, 0.25) is 11.8 Å². The molecule has 0 bridgehead atoms. The van der Waals surface area contributed by atoms with Gasteiger partial charge >= 0.3 is 0 Å². The summed E-state index contributed by atoms with van der Waals surface area (Å²) in [4.78, 5) is 17.9. The van der Waals surface area contributed by atoms with Gasteiger partial charge in [-0.25, -0.2) is 0 Å². The van der Waals surface area contributed by atoms with Gasteiger partial charge in [-0.1, -0.05) is 34.9 Å². The van der Waals surface area contributed by atoms with Crippen molar-refractivity contribution in [2.75, 3.05) is 5.75 Å². The average molecular weight is 424 g/mol. The summed E-state index contributed by atoms with van der Waals surface area (Å²) in [7, 11) is 0. The van der Waals surface area contributed by atoms with Crippen LogP contribution in [0.15, 0.2) is 38.2 Å². The van der Waals surface area contributed by atoms with Crippen LogP contribution < -0.4 is 5.32 Å². The summed E-state index contributed by atoms with van der Waals surface area (Å²) in [5.74, 6) is 2.68. The van der Waals surface area contributed by atoms with Gasteiger partial charge in [-0.2, -0.15) is 4.98 Å². The number of hydrogen-bond acceptors (Lipinski definition) is 5. The van der Waals surface area contributed by atoms with E-state index in [-0.39, 0.29) is 17.9 Å². The molecule has 1 aliphatic carbocycles. The number of nitrogens with zero attached hydrogens (tertiary/aromatic N) is 2. The van der Waals surface area contributed by atoms with Crippen LogP contribution in [0.5, 0.6) is 0 Å². The molecule has 1 heterocycles. The Morgan fingerprint density at radius 2 is 2.08 bits per heavy atom. The minimum absolute atomic E-state index is 0.00878. The number of hydrogen-bond donors (Lipinski definition) is 1. The molecule has 7 heteroatoms. The van der Waals surface area contributed by atoms with Crippen molar-refractivity contribution < 1.29 is 9.32 Å². The molecule has 2 aromatic rings. The number of carbonyl (C=O) groups excluding carboxylic acids is 1. The van der Waals surface area contributed by atoms with Crippen molar-refractivity contribution in [1.29, 1.82) is 0 Å². The van der Waals surface area contributed by atoms with Crippen LogP contribution in [0.3, 0.4) is 0 Å². The topological polar surface area (TPSA) is 68.0 Å². The van der Waals surface area contributed by atoms with E-state index in [2.05, 4.69) is 31.4 Å². The first-order valence-electron chi connectivity index (χ1n) is 8.54. The van der Waals surface area contributed by atoms with Gasteiger partial charge in [0.25, 0.3) is 0 Å². The monoisotopic (exact) mass is 423 g/mol. The SMILES string of the molecule is CC(C)C(NC(=O)CCSc1ccc(Br)cc1)c1nc(C2CC2)no1. The maximum atomic E-state index is 12.3. The van der Waals surface area contributed by atoms with Crippen molar-refractivity contribution >= 4 is 33.6 Å². The summed E-state index contributed by atoms with van der Waals surface area (Å²) in [6, 6.07) is 7.86. The molecule has 0 radical (unpaired) electrons. The highest BCUT2D eigenvalue weighted by Crippen LogP contribution is 2.38. The number of nitrogens with one attached hydrogen (secondary N) is 1. The van der Waals surface area contributed by atoms with E-state index in [9.17, 15) is 4.79 Å². The molecule has 0 aliphatic heterocycles. The lowest BCUT2D eigenvalue weighted by atomic mass is 10.0. The normalized spacial score (nSPS) is 15.4. The maximum Gasteiger partial charge on any atom is 0.249 e. The van der Waals surface area contributed by atoms with E-state index < -0.39 is 0 Å². The van der Waals surface area contributed by atoms with Gasteiger partial charge in [0.05, 0.1) is 0 Å². The number of rotatable bonds is 8. The highest BCUT2D eigenvalue weighted by atomic mass is 79.9. The van der Waals surface area contributed by atoms with Crippen molar-refractivity contribution in [3.63, 3.8) is 0 Å². The minimum Gasteiger partial charge on any atom is -0.344 e. The fraction of sp³-hybridized carbons (Fsp3) is 0.500. The standard InChI is InChI=1S/C18H22BrN3O2S/c1-11(2)16(18-21-17(22-24-18)12-3-4-12)20-15(23)9-10-25-14-7-5-13(19)6-8-14/h5-8,11-12,16H,3-4,9-10H2,1-2H3,(H,20,23). The summed E-state index contributed by atoms with van der Waals surface area (Å²) < 4.78 is 6.44. The van der Waals surface area contributed by atoms with Crippen LogP contribution in [0.1, 0.15) is 56.8 Å². The van der Waals surface area contributed by atoms with E-state index in [0.717, 1.165) is 33.8 Å². The number of thioether (sulfide) groups is 1. The number of benzene rings is 1. The predicted molar refractivity (Wildman–Crippen MR) is 101 cm³/mol. The van der Waals surface area contributed by atoms with Crippen LogP contribution in [0, 0.1) is 5.92 Å². The fourth-order valence-electron chi connectivity index (χ4n) is 2.43. The lowest BCUT2D eigenvalue weighted by Crippen LogP contribution is -2.32. The molecule has 0 saturated heterocycles. The molecular weight excluding hydrogens is 402 g/mol. The lowest BCUT2D eigenvalue weighted by molar-refractivity contribution is -0.122. The van der Waals surface area contributed by atoms with Gasteiger partial charge in [0.15, 0.2) is 5.82 Å². The Balaban J connectivity index is 1.50. The van der Waals surface area contributed by atoms with Gasteiger partial charge in [0, 0.05) is 27.5 Å². The first kappa shape index (κ1) is 18.5. The zero-order valence-electron chi connectivity index (χ0n) is 14.4. The van der Waals surface area contributed by atoms with Crippen molar-refractivity contribution in [2.24, 2.45) is 5.92 Å². The summed E-state index contributed by atoms with van der Waals surface area (Å²) >= 11 is 5.09. The second-order valence-corrected chi connectivity index (χ2v) is 8.69. The highest BCUT2D eigenvalue weighted by molar-refractivity contribution is 9.10. The largest absolute Gasteiger partial charge is 0.344 e. The molecule has 1 aliphatic rings. The number of aromatic nitrogens is 2. The minimum atomic E-state index is -0.231. The number of halogens is 1. The predicted octanol–water partition coefficient (Wildman–Crippen LogP) is 4.71. The molecular formula is C18H22BrN3O2S. The third-order valence-corrected chi connectivity index (χ3v) is 5.60. The molecule has 1 saturated carbocycles. The van der Waals surface area contributed by atoms with Crippen molar-refractivity contribution in [3.8, 4) is 0 Å². The molecule has 1 amide bonds. The summed E-state index contributed by atoms with van der Waals surface area (Å²) in [5.41, 5.74) is 0. The van der Waals surface area contributed by atoms with Crippen molar-refractivity contribution in [3.05, 3.63) is 40.5 Å². The fourth-order valence-corrected chi connectivity index (χ4v) is 3.55. The molecule has 1 aromatic carbocycles. The number of carbonyl (C=O) groups is 1. The van der Waals surface area contributed by atoms with Crippen LogP contribution in [0.4, 0.5) is 0 Å². The highest BCUT2D eigenvalue weighted by Gasteiger charge is 2.31. The second-order valence-electron chi connectivity index (χ2n) is 6.61. The van der Waals surface area contributed by atoms with E-state index in [1.807, 2.05) is 38.1 Å². The van der Waals surface area contributed by atoms with Gasteiger partial charge in [-0.15, -0.1) is 11.8 Å². The van der Waals surface area contributed by atoms with Crippen LogP contribution in [0.25, 0.3) is 0 Å². The van der Waals surface area contributed by atoms with Crippen LogP contribution in [-0.2, 0) is 4.79 Å². The van der Waals surface area contributed by atoms with Gasteiger partial charge in [0.1, 0.15) is 6.04 Å². The first-order chi connectivity index (χ1) is 12.0. The molecule has 0 spiro atoms. The van der Waals surface area contributed by atoms with Gasteiger partial charge < -0.3 is 9.84 Å². The summed E-state index contributed by atoms with van der Waals surface area (Å²) in [6.45, 7) is 4.09. The van der Waals surface area contributed by atoms with E-state index in [1.54, 1.807) is 11.8 Å². The van der Waals surface area contributed by atoms with Crippen LogP contribution >= 0.6 is 27.7 Å². The van der Waals surface area contributed by atoms with E-state index in [1.165, 1.54) is 0 Å². The maximum absolute atomic E-state index is 12.3. The third kappa shape index (κ3) is 5.31. The molecule has 1 N–H and O–H groups in total. The average Bonchev–Trinajstić information content (AvgIpc) is 3.32. The van der Waals surface area contributed by atoms with Crippen molar-refractivity contribution in [2.45, 2.75) is 50.0 Å². The molecule has 25 heavy (non-hydrogen) atoms. The number of amides is 1. The Bertz CT molecular complexity index is 713. The Hall–Kier alpha value is -1.34. The van der Waals surface area contributed by atoms with Crippen LogP contribution in [0.2, 0.25) is 0 Å². The quantitative estimate of drug-likeness (QED) is 0.622.